The Labute approximate surface area is 352 Å². The highest BCUT2D eigenvalue weighted by Crippen LogP contribution is 2.36. The number of hydrogen-bond donors (Lipinski definition) is 2. The van der Waals surface area contributed by atoms with E-state index in [4.69, 9.17) is 10.2 Å². The molecule has 12 nitrogen and oxygen atoms in total. The summed E-state index contributed by atoms with van der Waals surface area (Å²) < 4.78 is 42.8. The first-order chi connectivity index (χ1) is 29.7. The number of halogens is 3. The summed E-state index contributed by atoms with van der Waals surface area (Å²) in [7, 11) is 0. The van der Waals surface area contributed by atoms with Crippen molar-refractivity contribution in [2.24, 2.45) is 0 Å². The number of para-hydroxylation sites is 2. The zero-order valence-electron chi connectivity index (χ0n) is 33.0. The molecule has 0 unspecified atom stereocenters. The van der Waals surface area contributed by atoms with Crippen LogP contribution in [0.2, 0.25) is 0 Å². The Bertz CT molecular complexity index is 2910. The second-order valence-corrected chi connectivity index (χ2v) is 14.7. The molecule has 4 aromatic carbocycles. The number of aryl methyl sites for hydroxylation is 1. The highest BCUT2D eigenvalue weighted by Gasteiger charge is 2.34. The average Bonchev–Trinajstić information content (AvgIpc) is 3.79. The van der Waals surface area contributed by atoms with Gasteiger partial charge in [0.1, 0.15) is 36.4 Å². The van der Waals surface area contributed by atoms with E-state index in [0.717, 1.165) is 35.0 Å². The average molecular weight is 839 g/mol. The Hall–Kier alpha value is -7.91. The number of fused-ring (bicyclic) bond motifs is 4. The quantitative estimate of drug-likeness (QED) is 0.115. The molecule has 0 radical (unpaired) electrons. The maximum atomic E-state index is 13.2. The molecule has 2 aliphatic rings. The van der Waals surface area contributed by atoms with Gasteiger partial charge in [-0.25, -0.2) is 0 Å². The molecule has 2 aliphatic heterocycles. The number of amides is 2. The number of hydrogen-bond acceptors (Lipinski definition) is 6. The summed E-state index contributed by atoms with van der Waals surface area (Å²) in [6.07, 6.45) is 3.42. The second kappa shape index (κ2) is 17.7. The molecule has 0 fully saturated rings. The van der Waals surface area contributed by atoms with Crippen LogP contribution in [0.25, 0.3) is 34.0 Å². The smallest absolute Gasteiger partial charge is 0.416 e. The van der Waals surface area contributed by atoms with Crippen LogP contribution in [0.5, 0.6) is 0 Å². The topological polar surface area (TPSA) is 173 Å². The van der Waals surface area contributed by atoms with Gasteiger partial charge in [-0.2, -0.15) is 23.7 Å². The van der Waals surface area contributed by atoms with Gasteiger partial charge in [0.2, 0.25) is 0 Å². The van der Waals surface area contributed by atoms with E-state index in [1.54, 1.807) is 46.0 Å². The van der Waals surface area contributed by atoms with E-state index in [2.05, 4.69) is 6.07 Å². The van der Waals surface area contributed by atoms with Crippen LogP contribution in [0.1, 0.15) is 39.8 Å². The van der Waals surface area contributed by atoms with Crippen molar-refractivity contribution in [1.29, 1.82) is 10.5 Å². The number of aromatic nitrogens is 2. The zero-order valence-corrected chi connectivity index (χ0v) is 33.0. The van der Waals surface area contributed by atoms with Gasteiger partial charge >= 0.3 is 18.1 Å². The minimum Gasteiger partial charge on any atom is -0.480 e. The Morgan fingerprint density at radius 3 is 1.74 bits per heavy atom. The molecule has 2 amide bonds. The molecule has 0 saturated carbocycles. The summed E-state index contributed by atoms with van der Waals surface area (Å²) in [5.41, 5.74) is 4.52. The normalized spacial score (nSPS) is 14.0. The molecule has 0 bridgehead atoms. The maximum Gasteiger partial charge on any atom is 0.416 e. The highest BCUT2D eigenvalue weighted by atomic mass is 19.4. The van der Waals surface area contributed by atoms with Gasteiger partial charge in [-0.15, -0.1) is 0 Å². The number of alkyl halides is 3. The van der Waals surface area contributed by atoms with Gasteiger partial charge in [0.05, 0.1) is 5.56 Å². The number of nitrogens with zero attached hydrogens (tertiary/aromatic N) is 6. The third-order valence-electron chi connectivity index (χ3n) is 10.7. The fraction of sp³-hybridized carbons (Fsp3) is 0.191. The van der Waals surface area contributed by atoms with E-state index in [0.29, 0.717) is 53.5 Å². The third kappa shape index (κ3) is 8.97. The number of aliphatic carboxylic acids is 2. The van der Waals surface area contributed by atoms with Gasteiger partial charge in [0.15, 0.2) is 0 Å². The van der Waals surface area contributed by atoms with Gasteiger partial charge in [-0.05, 0) is 72.4 Å². The fourth-order valence-corrected chi connectivity index (χ4v) is 7.87. The lowest BCUT2D eigenvalue weighted by Gasteiger charge is -2.30. The van der Waals surface area contributed by atoms with Crippen molar-refractivity contribution in [3.8, 4) is 12.1 Å². The molecule has 312 valence electrons. The van der Waals surface area contributed by atoms with Crippen LogP contribution < -0.4 is 4.90 Å². The van der Waals surface area contributed by atoms with Crippen molar-refractivity contribution < 1.29 is 42.6 Å². The van der Waals surface area contributed by atoms with E-state index in [9.17, 15) is 42.9 Å². The van der Waals surface area contributed by atoms with Crippen molar-refractivity contribution in [2.45, 2.75) is 45.1 Å². The van der Waals surface area contributed by atoms with Crippen LogP contribution in [0.15, 0.2) is 115 Å². The largest absolute Gasteiger partial charge is 0.480 e. The van der Waals surface area contributed by atoms with Crippen LogP contribution in [-0.4, -0.2) is 61.1 Å². The van der Waals surface area contributed by atoms with Crippen molar-refractivity contribution in [1.82, 2.24) is 14.0 Å². The summed E-state index contributed by atoms with van der Waals surface area (Å²) >= 11 is 0. The van der Waals surface area contributed by atoms with Gasteiger partial charge in [-0.1, -0.05) is 66.7 Å². The minimum atomic E-state index is -4.55. The van der Waals surface area contributed by atoms with Crippen molar-refractivity contribution in [3.05, 3.63) is 148 Å². The van der Waals surface area contributed by atoms with Crippen molar-refractivity contribution >= 4 is 63.4 Å². The van der Waals surface area contributed by atoms with Crippen molar-refractivity contribution in [2.75, 3.05) is 18.0 Å². The van der Waals surface area contributed by atoms with E-state index < -0.39 is 29.6 Å². The molecular weight excluding hydrogens is 802 g/mol. The molecule has 4 heterocycles. The molecule has 2 N–H and O–H groups in total. The number of benzene rings is 4. The van der Waals surface area contributed by atoms with E-state index in [1.807, 2.05) is 54.6 Å². The van der Waals surface area contributed by atoms with Crippen LogP contribution in [0.4, 0.5) is 18.9 Å². The summed E-state index contributed by atoms with van der Waals surface area (Å²) in [6, 6.07) is 29.5. The lowest BCUT2D eigenvalue weighted by molar-refractivity contribution is -0.138. The Kier molecular flexibility index (Phi) is 12.1. The Morgan fingerprint density at radius 2 is 1.19 bits per heavy atom. The monoisotopic (exact) mass is 838 g/mol. The molecule has 6 aromatic rings. The molecule has 0 spiro atoms. The van der Waals surface area contributed by atoms with E-state index in [-0.39, 0.29) is 42.4 Å². The van der Waals surface area contributed by atoms with Crippen LogP contribution in [-0.2, 0) is 57.8 Å². The molecular formula is C47H37F3N6O6. The molecule has 15 heteroatoms. The second-order valence-electron chi connectivity index (χ2n) is 14.7. The van der Waals surface area contributed by atoms with Crippen LogP contribution >= 0.6 is 0 Å². The standard InChI is InChI=1S/C24H18F3N3O3.C23H19N3O3/c25-24(26,27)18-8-7-15-4-3-9-30(21(15)11-18)23(33)16(12-28)10-17-13-29(14-22(31)32)20-6-2-1-5-19(17)20;24-12-18(23(29)25-10-9-16-5-1-2-6-17(16)13-25)11-19-14-26(15-22(27)28)21-8-4-3-7-20(19)21/h1-2,5-8,10-11,13H,3-4,9,14H2,(H,31,32);1-8,11,14H,9-10,13,15H2,(H,27,28)/b16-10+;18-11+. The maximum absolute atomic E-state index is 13.2. The van der Waals surface area contributed by atoms with Gasteiger partial charge < -0.3 is 29.1 Å². The predicted molar refractivity (Wildman–Crippen MR) is 224 cm³/mol. The third-order valence-corrected chi connectivity index (χ3v) is 10.7. The molecule has 0 saturated heterocycles. The molecule has 2 aromatic heterocycles. The number of carboxylic acid groups (broad SMARTS) is 2. The molecule has 62 heavy (non-hydrogen) atoms. The lowest BCUT2D eigenvalue weighted by Crippen LogP contribution is -2.36. The predicted octanol–water partition coefficient (Wildman–Crippen LogP) is 7.85. The SMILES string of the molecule is N#C/C(=C\c1cn(CC(=O)O)c2ccccc12)C(=O)N1CCCc2ccc(C(F)(F)F)cc21.N#C/C(=C\c1cn(CC(=O)O)c2ccccc12)C(=O)N1CCc2ccccc2C1. The lowest BCUT2D eigenvalue weighted by atomic mass is 9.98. The van der Waals surface area contributed by atoms with Crippen LogP contribution in [0.3, 0.4) is 0 Å². The summed E-state index contributed by atoms with van der Waals surface area (Å²) in [6.45, 7) is 0.744. The Balaban J connectivity index is 0.000000188. The summed E-state index contributed by atoms with van der Waals surface area (Å²) in [4.78, 5) is 51.5. The zero-order chi connectivity index (χ0) is 44.1. The van der Waals surface area contributed by atoms with Gasteiger partial charge in [-0.3, -0.25) is 19.2 Å². The van der Waals surface area contributed by atoms with Crippen molar-refractivity contribution in [3.63, 3.8) is 0 Å². The number of anilines is 1. The molecule has 8 rings (SSSR count). The number of carbonyl (C=O) groups is 4. The molecule has 0 aliphatic carbocycles. The Morgan fingerprint density at radius 1 is 0.661 bits per heavy atom. The number of rotatable bonds is 8. The fourth-order valence-electron chi connectivity index (χ4n) is 7.87. The number of nitriles is 2. The first kappa shape index (κ1) is 42.2. The van der Waals surface area contributed by atoms with Crippen LogP contribution in [0, 0.1) is 22.7 Å². The summed E-state index contributed by atoms with van der Waals surface area (Å²) in [5.74, 6) is -3.01. The number of carboxylic acids is 2. The highest BCUT2D eigenvalue weighted by molar-refractivity contribution is 6.12. The minimum absolute atomic E-state index is 0.0441. The summed E-state index contributed by atoms with van der Waals surface area (Å²) in [5, 5.41) is 39.1. The van der Waals surface area contributed by atoms with E-state index >= 15 is 0 Å². The van der Waals surface area contributed by atoms with Gasteiger partial charge in [0.25, 0.3) is 11.8 Å². The first-order valence-corrected chi connectivity index (χ1v) is 19.5. The van der Waals surface area contributed by atoms with E-state index in [1.165, 1.54) is 33.4 Å². The molecule has 0 atom stereocenters. The van der Waals surface area contributed by atoms with Gasteiger partial charge in [0, 0.05) is 70.6 Å². The first-order valence-electron chi connectivity index (χ1n) is 19.5. The number of carbonyl (C=O) groups excluding carboxylic acids is 2.